The van der Waals surface area contributed by atoms with E-state index in [0.29, 0.717) is 11.4 Å². The van der Waals surface area contributed by atoms with Crippen molar-refractivity contribution in [2.45, 2.75) is 20.3 Å². The Morgan fingerprint density at radius 1 is 1.26 bits per heavy atom. The van der Waals surface area contributed by atoms with E-state index < -0.39 is 12.3 Å². The molecule has 3 heterocycles. The van der Waals surface area contributed by atoms with Gasteiger partial charge in [-0.1, -0.05) is 0 Å². The number of fused-ring (bicyclic) bond motifs is 1. The van der Waals surface area contributed by atoms with Gasteiger partial charge in [-0.05, 0) is 19.9 Å². The van der Waals surface area contributed by atoms with Gasteiger partial charge in [0.15, 0.2) is 5.65 Å². The zero-order valence-corrected chi connectivity index (χ0v) is 12.7. The molecular weight excluding hydrogens is 306 g/mol. The molecule has 3 rings (SSSR count). The van der Waals surface area contributed by atoms with Crippen LogP contribution >= 0.6 is 0 Å². The molecule has 0 unspecified atom stereocenters. The summed E-state index contributed by atoms with van der Waals surface area (Å²) < 4.78 is 28.8. The largest absolute Gasteiger partial charge is 0.319 e. The Bertz CT molecular complexity index is 898. The predicted molar refractivity (Wildman–Crippen MR) is 78.6 cm³/mol. The van der Waals surface area contributed by atoms with Gasteiger partial charge in [0.25, 0.3) is 12.3 Å². The molecule has 0 fully saturated rings. The molecule has 1 N–H and O–H groups in total. The second-order valence-corrected chi connectivity index (χ2v) is 5.14. The summed E-state index contributed by atoms with van der Waals surface area (Å²) in [6.07, 6.45) is 0.0345. The molecule has 0 aliphatic rings. The van der Waals surface area contributed by atoms with Crippen LogP contribution in [0.3, 0.4) is 0 Å². The maximum atomic E-state index is 13.1. The summed E-state index contributed by atoms with van der Waals surface area (Å²) in [5.41, 5.74) is 1.62. The monoisotopic (exact) mass is 320 g/mol. The summed E-state index contributed by atoms with van der Waals surface area (Å²) in [6, 6.07) is 1.25. The zero-order valence-electron chi connectivity index (χ0n) is 12.7. The van der Waals surface area contributed by atoms with E-state index in [2.05, 4.69) is 20.5 Å². The Morgan fingerprint density at radius 2 is 2.00 bits per heavy atom. The number of rotatable bonds is 3. The lowest BCUT2D eigenvalue weighted by molar-refractivity contribution is 0.102. The molecule has 3 aromatic heterocycles. The number of halogens is 2. The van der Waals surface area contributed by atoms with Crippen LogP contribution in [-0.2, 0) is 7.05 Å². The minimum Gasteiger partial charge on any atom is -0.319 e. The average molecular weight is 320 g/mol. The number of carbonyl (C=O) groups is 1. The van der Waals surface area contributed by atoms with E-state index in [-0.39, 0.29) is 16.9 Å². The maximum absolute atomic E-state index is 13.1. The average Bonchev–Trinajstić information content (AvgIpc) is 3.04. The lowest BCUT2D eigenvalue weighted by Gasteiger charge is -2.06. The van der Waals surface area contributed by atoms with E-state index in [4.69, 9.17) is 0 Å². The Balaban J connectivity index is 2.03. The van der Waals surface area contributed by atoms with Crippen LogP contribution in [0.5, 0.6) is 0 Å². The quantitative estimate of drug-likeness (QED) is 0.803. The molecule has 1 amide bonds. The van der Waals surface area contributed by atoms with Gasteiger partial charge in [-0.15, -0.1) is 0 Å². The van der Waals surface area contributed by atoms with E-state index in [1.165, 1.54) is 18.5 Å². The van der Waals surface area contributed by atoms with Crippen molar-refractivity contribution in [1.82, 2.24) is 24.4 Å². The topological polar surface area (TPSA) is 77.1 Å². The third kappa shape index (κ3) is 2.54. The Labute approximate surface area is 129 Å². The van der Waals surface area contributed by atoms with Crippen molar-refractivity contribution in [3.63, 3.8) is 0 Å². The number of hydrogen-bond acceptors (Lipinski definition) is 4. The molecular formula is C14H14F2N6O. The molecule has 7 nitrogen and oxygen atoms in total. The molecule has 0 aliphatic heterocycles. The Kier molecular flexibility index (Phi) is 3.55. The van der Waals surface area contributed by atoms with Crippen molar-refractivity contribution in [1.29, 1.82) is 0 Å². The smallest absolute Gasteiger partial charge is 0.280 e. The fourth-order valence-electron chi connectivity index (χ4n) is 2.24. The third-order valence-corrected chi connectivity index (χ3v) is 3.58. The first-order valence-electron chi connectivity index (χ1n) is 6.82. The first-order valence-corrected chi connectivity index (χ1v) is 6.82. The van der Waals surface area contributed by atoms with E-state index >= 15 is 0 Å². The van der Waals surface area contributed by atoms with Crippen LogP contribution in [-0.4, -0.2) is 30.3 Å². The highest BCUT2D eigenvalue weighted by Gasteiger charge is 2.21. The van der Waals surface area contributed by atoms with E-state index in [9.17, 15) is 13.6 Å². The summed E-state index contributed by atoms with van der Waals surface area (Å²) in [7, 11) is 1.75. The van der Waals surface area contributed by atoms with E-state index in [0.717, 1.165) is 10.2 Å². The number of alkyl halides is 2. The van der Waals surface area contributed by atoms with Crippen molar-refractivity contribution in [3.05, 3.63) is 41.1 Å². The van der Waals surface area contributed by atoms with Crippen LogP contribution in [0.4, 0.5) is 14.5 Å². The van der Waals surface area contributed by atoms with Gasteiger partial charge in [0.1, 0.15) is 11.3 Å². The second kappa shape index (κ2) is 5.41. The van der Waals surface area contributed by atoms with Gasteiger partial charge in [0.2, 0.25) is 0 Å². The van der Waals surface area contributed by atoms with Gasteiger partial charge >= 0.3 is 0 Å². The minimum atomic E-state index is -2.71. The highest BCUT2D eigenvalue weighted by molar-refractivity contribution is 6.08. The molecule has 0 radical (unpaired) electrons. The molecule has 3 aromatic rings. The molecule has 23 heavy (non-hydrogen) atoms. The first-order chi connectivity index (χ1) is 10.9. The standard InChI is InChI=1S/C14H14F2N6O/c1-7-4-11(12(15)16)22-13(19-7)9(5-18-22)14(23)20-10-6-17-21(3)8(10)2/h4-6,12H,1-3H3,(H,20,23). The van der Waals surface area contributed by atoms with Crippen LogP contribution in [0.15, 0.2) is 18.5 Å². The van der Waals surface area contributed by atoms with Gasteiger partial charge in [-0.3, -0.25) is 9.48 Å². The number of amides is 1. The highest BCUT2D eigenvalue weighted by Crippen LogP contribution is 2.22. The summed E-state index contributed by atoms with van der Waals surface area (Å²) >= 11 is 0. The summed E-state index contributed by atoms with van der Waals surface area (Å²) in [5, 5.41) is 10.6. The zero-order chi connectivity index (χ0) is 16.7. The number of aromatic nitrogens is 5. The van der Waals surface area contributed by atoms with Crippen LogP contribution in [0.2, 0.25) is 0 Å². The normalized spacial score (nSPS) is 11.4. The Hall–Kier alpha value is -2.84. The minimum absolute atomic E-state index is 0.0966. The molecule has 0 bridgehead atoms. The number of anilines is 1. The number of nitrogens with one attached hydrogen (secondary N) is 1. The molecule has 120 valence electrons. The fourth-order valence-corrected chi connectivity index (χ4v) is 2.24. The summed E-state index contributed by atoms with van der Waals surface area (Å²) in [6.45, 7) is 3.39. The molecule has 0 saturated carbocycles. The molecule has 0 spiro atoms. The SMILES string of the molecule is Cc1cc(C(F)F)n2ncc(C(=O)Nc3cnn(C)c3C)c2n1. The third-order valence-electron chi connectivity index (χ3n) is 3.58. The van der Waals surface area contributed by atoms with Gasteiger partial charge in [0, 0.05) is 12.7 Å². The van der Waals surface area contributed by atoms with Crippen LogP contribution < -0.4 is 5.32 Å². The second-order valence-electron chi connectivity index (χ2n) is 5.14. The number of carbonyl (C=O) groups excluding carboxylic acids is 1. The van der Waals surface area contributed by atoms with Gasteiger partial charge < -0.3 is 5.32 Å². The van der Waals surface area contributed by atoms with E-state index in [1.807, 2.05) is 0 Å². The van der Waals surface area contributed by atoms with Crippen molar-refractivity contribution in [2.24, 2.45) is 7.05 Å². The number of hydrogen-bond donors (Lipinski definition) is 1. The van der Waals surface area contributed by atoms with Crippen molar-refractivity contribution in [2.75, 3.05) is 5.32 Å². The highest BCUT2D eigenvalue weighted by atomic mass is 19.3. The van der Waals surface area contributed by atoms with Crippen molar-refractivity contribution in [3.8, 4) is 0 Å². The predicted octanol–water partition coefficient (Wildman–Crippen LogP) is 2.27. The van der Waals surface area contributed by atoms with Crippen molar-refractivity contribution >= 4 is 17.2 Å². The summed E-state index contributed by atoms with van der Waals surface area (Å²) in [4.78, 5) is 16.6. The molecule has 0 saturated heterocycles. The number of aryl methyl sites for hydroxylation is 2. The van der Waals surface area contributed by atoms with Gasteiger partial charge in [-0.25, -0.2) is 18.3 Å². The van der Waals surface area contributed by atoms with E-state index in [1.54, 1.807) is 25.6 Å². The lowest BCUT2D eigenvalue weighted by atomic mass is 10.2. The summed E-state index contributed by atoms with van der Waals surface area (Å²) in [5.74, 6) is -0.477. The molecule has 0 aliphatic carbocycles. The fraction of sp³-hybridized carbons (Fsp3) is 0.286. The van der Waals surface area contributed by atoms with Gasteiger partial charge in [-0.2, -0.15) is 10.2 Å². The molecule has 0 aromatic carbocycles. The maximum Gasteiger partial charge on any atom is 0.280 e. The number of nitrogens with zero attached hydrogens (tertiary/aromatic N) is 5. The van der Waals surface area contributed by atoms with Crippen molar-refractivity contribution < 1.29 is 13.6 Å². The van der Waals surface area contributed by atoms with Gasteiger partial charge in [0.05, 0.1) is 23.8 Å². The van der Waals surface area contributed by atoms with Crippen LogP contribution in [0.25, 0.3) is 5.65 Å². The first kappa shape index (κ1) is 15.1. The van der Waals surface area contributed by atoms with Crippen LogP contribution in [0, 0.1) is 13.8 Å². The Morgan fingerprint density at radius 3 is 2.61 bits per heavy atom. The lowest BCUT2D eigenvalue weighted by Crippen LogP contribution is -2.13. The molecule has 0 atom stereocenters. The molecule has 9 heteroatoms. The van der Waals surface area contributed by atoms with Crippen LogP contribution in [0.1, 0.15) is 33.9 Å².